The van der Waals surface area contributed by atoms with Crippen molar-refractivity contribution in [1.82, 2.24) is 15.0 Å². The number of hydrogen-bond donors (Lipinski definition) is 0. The van der Waals surface area contributed by atoms with Crippen LogP contribution in [-0.4, -0.2) is 41.1 Å². The first-order valence-electron chi connectivity index (χ1n) is 9.23. The van der Waals surface area contributed by atoms with E-state index in [4.69, 9.17) is 10.2 Å². The third-order valence-electron chi connectivity index (χ3n) is 5.14. The van der Waals surface area contributed by atoms with Crippen molar-refractivity contribution >= 4 is 44.1 Å². The maximum Gasteiger partial charge on any atom is 0.140 e. The van der Waals surface area contributed by atoms with E-state index in [9.17, 15) is 0 Å². The number of hydrogen-bond acceptors (Lipinski definition) is 7. The van der Waals surface area contributed by atoms with E-state index in [2.05, 4.69) is 38.8 Å². The lowest BCUT2D eigenvalue weighted by Gasteiger charge is -2.36. The summed E-state index contributed by atoms with van der Waals surface area (Å²) in [5.41, 5.74) is 1.58. The monoisotopic (exact) mass is 386 g/mol. The van der Waals surface area contributed by atoms with Crippen molar-refractivity contribution < 1.29 is 0 Å². The molecule has 0 spiro atoms. The molecule has 0 unspecified atom stereocenters. The molecule has 0 N–H and O–H groups in total. The Labute approximate surface area is 166 Å². The molecule has 1 aliphatic heterocycles. The predicted octanol–water partition coefficient (Wildman–Crippen LogP) is 3.75. The lowest BCUT2D eigenvalue weighted by Crippen LogP contribution is -2.47. The second kappa shape index (κ2) is 6.73. The van der Waals surface area contributed by atoms with Crippen molar-refractivity contribution in [3.8, 4) is 6.07 Å². The van der Waals surface area contributed by atoms with E-state index < -0.39 is 0 Å². The molecular formula is C21H18N6S. The molecule has 1 fully saturated rings. The van der Waals surface area contributed by atoms with Crippen molar-refractivity contribution in [1.29, 1.82) is 5.26 Å². The van der Waals surface area contributed by atoms with Crippen LogP contribution >= 0.6 is 11.3 Å². The molecular weight excluding hydrogens is 368 g/mol. The molecule has 4 heterocycles. The van der Waals surface area contributed by atoms with Crippen LogP contribution in [0.5, 0.6) is 0 Å². The summed E-state index contributed by atoms with van der Waals surface area (Å²) >= 11 is 1.71. The molecule has 0 radical (unpaired) electrons. The first-order valence-corrected chi connectivity index (χ1v) is 10.0. The van der Waals surface area contributed by atoms with Crippen molar-refractivity contribution in [3.05, 3.63) is 53.2 Å². The van der Waals surface area contributed by atoms with Crippen LogP contribution in [0.2, 0.25) is 0 Å². The van der Waals surface area contributed by atoms with Gasteiger partial charge in [-0.05, 0) is 43.3 Å². The molecule has 1 aliphatic rings. The van der Waals surface area contributed by atoms with E-state index in [1.807, 2.05) is 30.3 Å². The van der Waals surface area contributed by atoms with Gasteiger partial charge < -0.3 is 9.80 Å². The number of nitriles is 1. The summed E-state index contributed by atoms with van der Waals surface area (Å²) in [6, 6.07) is 14.1. The molecule has 0 amide bonds. The molecule has 7 heteroatoms. The third kappa shape index (κ3) is 2.92. The van der Waals surface area contributed by atoms with E-state index in [0.29, 0.717) is 5.56 Å². The normalized spacial score (nSPS) is 14.6. The number of fused-ring (bicyclic) bond motifs is 2. The van der Waals surface area contributed by atoms with E-state index >= 15 is 0 Å². The maximum atomic E-state index is 9.05. The van der Waals surface area contributed by atoms with Gasteiger partial charge in [-0.25, -0.2) is 15.0 Å². The van der Waals surface area contributed by atoms with Gasteiger partial charge in [-0.1, -0.05) is 0 Å². The van der Waals surface area contributed by atoms with Crippen LogP contribution in [0.1, 0.15) is 10.4 Å². The summed E-state index contributed by atoms with van der Waals surface area (Å²) in [6.45, 7) is 5.69. The van der Waals surface area contributed by atoms with Crippen LogP contribution in [0.15, 0.2) is 42.7 Å². The molecule has 138 valence electrons. The predicted molar refractivity (Wildman–Crippen MR) is 113 cm³/mol. The van der Waals surface area contributed by atoms with Crippen molar-refractivity contribution in [2.24, 2.45) is 0 Å². The second-order valence-electron chi connectivity index (χ2n) is 6.94. The SMILES string of the molecule is Cc1cc2c(N3CCN(c4ccc5cc(C#N)ccc5n4)CC3)ncnc2s1. The number of benzene rings is 1. The van der Waals surface area contributed by atoms with Crippen LogP contribution in [-0.2, 0) is 0 Å². The Morgan fingerprint density at radius 1 is 1.00 bits per heavy atom. The standard InChI is InChI=1S/C21H18N6S/c1-14-10-17-20(23-13-24-21(17)28-14)27-8-6-26(7-9-27)19-5-3-16-11-15(12-22)2-4-18(16)25-19/h2-5,10-11,13H,6-9H2,1H3. The van der Waals surface area contributed by atoms with Gasteiger partial charge in [0.25, 0.3) is 0 Å². The molecule has 6 nitrogen and oxygen atoms in total. The molecule has 28 heavy (non-hydrogen) atoms. The molecule has 0 aliphatic carbocycles. The summed E-state index contributed by atoms with van der Waals surface area (Å²) in [5, 5.41) is 11.2. The fourth-order valence-corrected chi connectivity index (χ4v) is 4.57. The van der Waals surface area contributed by atoms with E-state index in [-0.39, 0.29) is 0 Å². The van der Waals surface area contributed by atoms with Gasteiger partial charge in [0.05, 0.1) is 22.5 Å². The molecule has 1 aromatic carbocycles. The van der Waals surface area contributed by atoms with Crippen molar-refractivity contribution in [2.75, 3.05) is 36.0 Å². The van der Waals surface area contributed by atoms with Gasteiger partial charge in [-0.3, -0.25) is 0 Å². The highest BCUT2D eigenvalue weighted by atomic mass is 32.1. The molecule has 0 bridgehead atoms. The highest BCUT2D eigenvalue weighted by Crippen LogP contribution is 2.30. The first-order chi connectivity index (χ1) is 13.7. The summed E-state index contributed by atoms with van der Waals surface area (Å²) in [6.07, 6.45) is 1.67. The zero-order valence-corrected chi connectivity index (χ0v) is 16.3. The van der Waals surface area contributed by atoms with Gasteiger partial charge in [-0.15, -0.1) is 11.3 Å². The number of nitrogens with zero attached hydrogens (tertiary/aromatic N) is 6. The summed E-state index contributed by atoms with van der Waals surface area (Å²) in [4.78, 5) is 20.7. The van der Waals surface area contributed by atoms with Crippen LogP contribution in [0.4, 0.5) is 11.6 Å². The maximum absolute atomic E-state index is 9.05. The largest absolute Gasteiger partial charge is 0.353 e. The van der Waals surface area contributed by atoms with Crippen LogP contribution in [0.3, 0.4) is 0 Å². The molecule has 0 saturated carbocycles. The Hall–Kier alpha value is -3.24. The average molecular weight is 386 g/mol. The minimum absolute atomic E-state index is 0.662. The summed E-state index contributed by atoms with van der Waals surface area (Å²) < 4.78 is 0. The fourth-order valence-electron chi connectivity index (χ4n) is 3.72. The van der Waals surface area contributed by atoms with Crippen LogP contribution in [0.25, 0.3) is 21.1 Å². The quantitative estimate of drug-likeness (QED) is 0.523. The van der Waals surface area contributed by atoms with Gasteiger partial charge in [0.2, 0.25) is 0 Å². The molecule has 0 atom stereocenters. The number of pyridine rings is 1. The molecule has 1 saturated heterocycles. The zero-order chi connectivity index (χ0) is 19.1. The Balaban J connectivity index is 1.37. The Morgan fingerprint density at radius 3 is 2.64 bits per heavy atom. The molecule has 4 aromatic rings. The topological polar surface area (TPSA) is 68.9 Å². The van der Waals surface area contributed by atoms with Gasteiger partial charge in [-0.2, -0.15) is 5.26 Å². The summed E-state index contributed by atoms with van der Waals surface area (Å²) in [7, 11) is 0. The Kier molecular flexibility index (Phi) is 4.06. The van der Waals surface area contributed by atoms with E-state index in [1.54, 1.807) is 17.7 Å². The first kappa shape index (κ1) is 16.9. The average Bonchev–Trinajstić information content (AvgIpc) is 3.13. The fraction of sp³-hybridized carbons (Fsp3) is 0.238. The number of aromatic nitrogens is 3. The number of rotatable bonds is 2. The smallest absolute Gasteiger partial charge is 0.140 e. The van der Waals surface area contributed by atoms with E-state index in [0.717, 1.165) is 58.9 Å². The third-order valence-corrected chi connectivity index (χ3v) is 6.10. The minimum atomic E-state index is 0.662. The second-order valence-corrected chi connectivity index (χ2v) is 8.17. The minimum Gasteiger partial charge on any atom is -0.353 e. The van der Waals surface area contributed by atoms with Crippen molar-refractivity contribution in [3.63, 3.8) is 0 Å². The molecule has 5 rings (SSSR count). The Morgan fingerprint density at radius 2 is 1.82 bits per heavy atom. The number of aryl methyl sites for hydroxylation is 1. The van der Waals surface area contributed by atoms with Crippen LogP contribution in [0, 0.1) is 18.3 Å². The zero-order valence-electron chi connectivity index (χ0n) is 15.5. The van der Waals surface area contributed by atoms with Crippen LogP contribution < -0.4 is 9.80 Å². The van der Waals surface area contributed by atoms with Gasteiger partial charge >= 0.3 is 0 Å². The highest BCUT2D eigenvalue weighted by Gasteiger charge is 2.21. The van der Waals surface area contributed by atoms with Crippen molar-refractivity contribution in [2.45, 2.75) is 6.92 Å². The molecule has 3 aromatic heterocycles. The lowest BCUT2D eigenvalue weighted by atomic mass is 10.1. The van der Waals surface area contributed by atoms with E-state index in [1.165, 1.54) is 4.88 Å². The summed E-state index contributed by atoms with van der Waals surface area (Å²) in [5.74, 6) is 2.01. The highest BCUT2D eigenvalue weighted by molar-refractivity contribution is 7.18. The van der Waals surface area contributed by atoms with Gasteiger partial charge in [0.1, 0.15) is 22.8 Å². The Bertz CT molecular complexity index is 1220. The van der Waals surface area contributed by atoms with Gasteiger partial charge in [0.15, 0.2) is 0 Å². The lowest BCUT2D eigenvalue weighted by molar-refractivity contribution is 0.644. The van der Waals surface area contributed by atoms with Gasteiger partial charge in [0, 0.05) is 36.4 Å². The number of anilines is 2. The number of thiophene rings is 1. The number of piperazine rings is 1.